The molecule has 0 radical (unpaired) electrons. The fourth-order valence-corrected chi connectivity index (χ4v) is 2.16. The summed E-state index contributed by atoms with van der Waals surface area (Å²) in [6, 6.07) is 0. The van der Waals surface area contributed by atoms with Gasteiger partial charge in [-0.25, -0.2) is 0 Å². The Kier molecular flexibility index (Phi) is 6.47. The van der Waals surface area contributed by atoms with Crippen LogP contribution < -0.4 is 5.73 Å². The van der Waals surface area contributed by atoms with Crippen LogP contribution in [0.4, 0.5) is 0 Å². The predicted molar refractivity (Wildman–Crippen MR) is 83.3 cm³/mol. The molecule has 3 nitrogen and oxygen atoms in total. The van der Waals surface area contributed by atoms with E-state index < -0.39 is 11.0 Å². The number of carbonyl (C=O) groups is 1. The first-order chi connectivity index (χ1) is 9.40. The van der Waals surface area contributed by atoms with Crippen LogP contribution in [0, 0.1) is 5.41 Å². The summed E-state index contributed by atoms with van der Waals surface area (Å²) in [5.41, 5.74) is 4.83. The summed E-state index contributed by atoms with van der Waals surface area (Å²) in [5.74, 6) is -0.186. The van der Waals surface area contributed by atoms with Crippen molar-refractivity contribution < 1.29 is 9.53 Å². The molecule has 2 N–H and O–H groups in total. The van der Waals surface area contributed by atoms with Gasteiger partial charge in [0.1, 0.15) is 5.41 Å². The number of carbonyl (C=O) groups excluding carboxylic acids is 1. The van der Waals surface area contributed by atoms with Crippen LogP contribution in [-0.2, 0) is 9.53 Å². The Bertz CT molecular complexity index is 353. The maximum Gasteiger partial charge on any atom is 0.319 e. The number of esters is 1. The molecule has 20 heavy (non-hydrogen) atoms. The van der Waals surface area contributed by atoms with Gasteiger partial charge in [-0.05, 0) is 20.3 Å². The van der Waals surface area contributed by atoms with Crippen molar-refractivity contribution >= 4 is 5.97 Å². The molecule has 0 fully saturated rings. The summed E-state index contributed by atoms with van der Waals surface area (Å²) in [7, 11) is 0. The third kappa shape index (κ3) is 5.49. The third-order valence-electron chi connectivity index (χ3n) is 3.75. The van der Waals surface area contributed by atoms with E-state index in [-0.39, 0.29) is 5.97 Å². The van der Waals surface area contributed by atoms with Crippen molar-refractivity contribution in [1.29, 1.82) is 0 Å². The summed E-state index contributed by atoms with van der Waals surface area (Å²) in [6.45, 7) is 6.49. The second-order valence-corrected chi connectivity index (χ2v) is 6.22. The highest BCUT2D eigenvalue weighted by atomic mass is 16.5. The maximum atomic E-state index is 12.1. The zero-order chi connectivity index (χ0) is 15.1. The Morgan fingerprint density at radius 1 is 1.00 bits per heavy atom. The number of hydrogen-bond donors (Lipinski definition) is 1. The minimum atomic E-state index is -0.666. The molecule has 0 heterocycles. The molecule has 0 saturated carbocycles. The van der Waals surface area contributed by atoms with Crippen molar-refractivity contribution in [2.75, 3.05) is 6.61 Å². The van der Waals surface area contributed by atoms with Gasteiger partial charge in [0.05, 0.1) is 6.61 Å². The second-order valence-electron chi connectivity index (χ2n) is 6.22. The van der Waals surface area contributed by atoms with Crippen molar-refractivity contribution in [3.05, 3.63) is 24.3 Å². The molecule has 0 saturated heterocycles. The van der Waals surface area contributed by atoms with Gasteiger partial charge in [-0.15, -0.1) is 0 Å². The minimum absolute atomic E-state index is 0.186. The molecule has 0 bridgehead atoms. The average Bonchev–Trinajstić information content (AvgIpc) is 2.41. The van der Waals surface area contributed by atoms with Gasteiger partial charge in [0.2, 0.25) is 0 Å². The van der Waals surface area contributed by atoms with E-state index in [1.165, 1.54) is 25.7 Å². The monoisotopic (exact) mass is 279 g/mol. The molecule has 1 aliphatic rings. The molecule has 0 atom stereocenters. The Hall–Kier alpha value is -1.09. The molecule has 0 amide bonds. The van der Waals surface area contributed by atoms with E-state index in [0.29, 0.717) is 6.61 Å². The van der Waals surface area contributed by atoms with Crippen LogP contribution in [0.5, 0.6) is 0 Å². The average molecular weight is 279 g/mol. The molecule has 0 aromatic carbocycles. The molecule has 114 valence electrons. The van der Waals surface area contributed by atoms with Crippen LogP contribution in [-0.4, -0.2) is 18.1 Å². The number of unbranched alkanes of at least 4 members (excludes halogenated alkanes) is 5. The molecule has 0 aromatic rings. The highest BCUT2D eigenvalue weighted by Crippen LogP contribution is 2.29. The Balaban J connectivity index is 2.25. The van der Waals surface area contributed by atoms with Crippen LogP contribution in [0.25, 0.3) is 0 Å². The van der Waals surface area contributed by atoms with E-state index in [4.69, 9.17) is 10.5 Å². The van der Waals surface area contributed by atoms with E-state index in [9.17, 15) is 4.79 Å². The minimum Gasteiger partial charge on any atom is -0.465 e. The van der Waals surface area contributed by atoms with Crippen LogP contribution in [0.15, 0.2) is 24.3 Å². The van der Waals surface area contributed by atoms with Gasteiger partial charge in [-0.1, -0.05) is 63.3 Å². The van der Waals surface area contributed by atoms with Crippen molar-refractivity contribution in [2.45, 2.75) is 64.8 Å². The van der Waals surface area contributed by atoms with Gasteiger partial charge in [0, 0.05) is 5.54 Å². The van der Waals surface area contributed by atoms with Crippen molar-refractivity contribution in [2.24, 2.45) is 11.1 Å². The van der Waals surface area contributed by atoms with Crippen LogP contribution in [0.1, 0.15) is 59.3 Å². The summed E-state index contributed by atoms with van der Waals surface area (Å²) < 4.78 is 5.38. The smallest absolute Gasteiger partial charge is 0.319 e. The van der Waals surface area contributed by atoms with Crippen LogP contribution in [0.3, 0.4) is 0 Å². The van der Waals surface area contributed by atoms with Gasteiger partial charge in [0.25, 0.3) is 0 Å². The third-order valence-corrected chi connectivity index (χ3v) is 3.75. The van der Waals surface area contributed by atoms with E-state index in [1.54, 1.807) is 0 Å². The van der Waals surface area contributed by atoms with E-state index in [2.05, 4.69) is 6.92 Å². The van der Waals surface area contributed by atoms with E-state index in [0.717, 1.165) is 12.8 Å². The van der Waals surface area contributed by atoms with Crippen LogP contribution in [0.2, 0.25) is 0 Å². The molecule has 1 aliphatic carbocycles. The summed E-state index contributed by atoms with van der Waals surface area (Å²) in [6.07, 6.45) is 14.6. The molecule has 0 aliphatic heterocycles. The first-order valence-electron chi connectivity index (χ1n) is 7.76. The lowest BCUT2D eigenvalue weighted by atomic mass is 9.81. The highest BCUT2D eigenvalue weighted by molar-refractivity contribution is 5.81. The largest absolute Gasteiger partial charge is 0.465 e. The zero-order valence-electron chi connectivity index (χ0n) is 13.2. The van der Waals surface area contributed by atoms with Crippen molar-refractivity contribution in [3.8, 4) is 0 Å². The Morgan fingerprint density at radius 2 is 1.55 bits per heavy atom. The number of hydrogen-bond acceptors (Lipinski definition) is 3. The second kappa shape index (κ2) is 7.63. The van der Waals surface area contributed by atoms with Gasteiger partial charge >= 0.3 is 5.97 Å². The molecule has 3 heteroatoms. The molecule has 0 unspecified atom stereocenters. The first-order valence-corrected chi connectivity index (χ1v) is 7.76. The molecular formula is C17H29NO2. The van der Waals surface area contributed by atoms with Crippen LogP contribution >= 0.6 is 0 Å². The predicted octanol–water partition coefficient (Wildman–Crippen LogP) is 3.74. The van der Waals surface area contributed by atoms with Gasteiger partial charge in [-0.2, -0.15) is 0 Å². The summed E-state index contributed by atoms with van der Waals surface area (Å²) in [4.78, 5) is 12.1. The van der Waals surface area contributed by atoms with Gasteiger partial charge < -0.3 is 10.5 Å². The van der Waals surface area contributed by atoms with Gasteiger partial charge in [0.15, 0.2) is 0 Å². The maximum absolute atomic E-state index is 12.1. The lowest BCUT2D eigenvalue weighted by Crippen LogP contribution is -2.37. The number of rotatable bonds is 8. The standard InChI is InChI=1S/C17H29NO2/c1-4-5-6-7-8-9-14-20-15(19)16(2)10-12-17(3,18)13-11-16/h10-13H,4-9,14,18H2,1-3H3. The lowest BCUT2D eigenvalue weighted by molar-refractivity contribution is -0.150. The normalized spacial score (nSPS) is 28.6. The van der Waals surface area contributed by atoms with Gasteiger partial charge in [-0.3, -0.25) is 4.79 Å². The molecule has 1 rings (SSSR count). The van der Waals surface area contributed by atoms with E-state index in [1.807, 2.05) is 38.2 Å². The summed E-state index contributed by atoms with van der Waals surface area (Å²) in [5, 5.41) is 0. The Morgan fingerprint density at radius 3 is 2.15 bits per heavy atom. The number of ether oxygens (including phenoxy) is 1. The molecule has 0 spiro atoms. The van der Waals surface area contributed by atoms with Crippen molar-refractivity contribution in [3.63, 3.8) is 0 Å². The topological polar surface area (TPSA) is 52.3 Å². The summed E-state index contributed by atoms with van der Waals surface area (Å²) >= 11 is 0. The van der Waals surface area contributed by atoms with E-state index >= 15 is 0 Å². The molecular weight excluding hydrogens is 250 g/mol. The lowest BCUT2D eigenvalue weighted by Gasteiger charge is -2.28. The highest BCUT2D eigenvalue weighted by Gasteiger charge is 2.33. The zero-order valence-corrected chi connectivity index (χ0v) is 13.2. The fourth-order valence-electron chi connectivity index (χ4n) is 2.16. The first kappa shape index (κ1) is 17.0. The Labute approximate surface area is 123 Å². The SMILES string of the molecule is CCCCCCCCOC(=O)C1(C)C=CC(C)(N)C=C1. The quantitative estimate of drug-likeness (QED) is 0.418. The fraction of sp³-hybridized carbons (Fsp3) is 0.706. The molecule has 0 aromatic heterocycles. The number of nitrogens with two attached hydrogens (primary N) is 1. The van der Waals surface area contributed by atoms with Crippen molar-refractivity contribution in [1.82, 2.24) is 0 Å².